The standard InChI is InChI=1S/C28H28F2N6O2S/c1-28(29,30)22-7-3-2-6-21(22)23-8-4-5-20(33-23)17-31-16-18-10-13-36(14-11-18)26-32-12-9-19(34-26)15-24-25(37)35-27(38)39-24/h2-9,12,15,18,31H,10-11,13-14,16-17H2,1H3,(H,35,37,38)/b24-15-. The van der Waals surface area contributed by atoms with Crippen LogP contribution in [-0.4, -0.2) is 45.7 Å². The van der Waals surface area contributed by atoms with E-state index < -0.39 is 11.8 Å². The summed E-state index contributed by atoms with van der Waals surface area (Å²) >= 11 is 0.863. The average molecular weight is 551 g/mol. The number of imide groups is 1. The van der Waals surface area contributed by atoms with Crippen molar-refractivity contribution >= 4 is 34.9 Å². The Bertz CT molecular complexity index is 1400. The van der Waals surface area contributed by atoms with Crippen LogP contribution in [0.25, 0.3) is 17.3 Å². The lowest BCUT2D eigenvalue weighted by Gasteiger charge is -2.32. The zero-order chi connectivity index (χ0) is 27.4. The minimum atomic E-state index is -2.95. The fraction of sp³-hybridized carbons (Fsp3) is 0.321. The number of alkyl halides is 2. The molecule has 8 nitrogen and oxygen atoms in total. The van der Waals surface area contributed by atoms with Gasteiger partial charge in [0.2, 0.25) is 5.95 Å². The number of rotatable bonds is 8. The van der Waals surface area contributed by atoms with E-state index in [2.05, 4.69) is 30.5 Å². The second kappa shape index (κ2) is 11.6. The fourth-order valence-corrected chi connectivity index (χ4v) is 5.38. The third-order valence-electron chi connectivity index (χ3n) is 6.70. The molecular formula is C28H28F2N6O2S. The first-order valence-electron chi connectivity index (χ1n) is 12.7. The number of benzene rings is 1. The van der Waals surface area contributed by atoms with Crippen molar-refractivity contribution in [3.05, 3.63) is 76.6 Å². The molecule has 2 aliphatic heterocycles. The van der Waals surface area contributed by atoms with Gasteiger partial charge in [-0.15, -0.1) is 0 Å². The third kappa shape index (κ3) is 6.66. The lowest BCUT2D eigenvalue weighted by Crippen LogP contribution is -2.38. The molecule has 4 heterocycles. The highest BCUT2D eigenvalue weighted by Crippen LogP contribution is 2.34. The van der Waals surface area contributed by atoms with Gasteiger partial charge in [0, 0.05) is 43.9 Å². The number of anilines is 1. The molecule has 2 N–H and O–H groups in total. The number of nitrogens with one attached hydrogen (secondary N) is 2. The van der Waals surface area contributed by atoms with Gasteiger partial charge in [-0.25, -0.2) is 18.7 Å². The Hall–Kier alpha value is -3.70. The summed E-state index contributed by atoms with van der Waals surface area (Å²) < 4.78 is 28.2. The Kier molecular flexibility index (Phi) is 7.99. The first-order valence-corrected chi connectivity index (χ1v) is 13.5. The van der Waals surface area contributed by atoms with Crippen molar-refractivity contribution in [2.24, 2.45) is 5.92 Å². The summed E-state index contributed by atoms with van der Waals surface area (Å²) in [6.07, 6.45) is 5.17. The van der Waals surface area contributed by atoms with Crippen LogP contribution in [0, 0.1) is 5.92 Å². The number of thioether (sulfide) groups is 1. The number of hydrogen-bond acceptors (Lipinski definition) is 8. The number of piperidine rings is 1. The Balaban J connectivity index is 1.13. The van der Waals surface area contributed by atoms with E-state index in [9.17, 15) is 18.4 Å². The minimum absolute atomic E-state index is 0.0291. The molecule has 2 saturated heterocycles. The summed E-state index contributed by atoms with van der Waals surface area (Å²) in [5.41, 5.74) is 2.33. The fourth-order valence-electron chi connectivity index (χ4n) is 4.71. The molecule has 2 aliphatic rings. The minimum Gasteiger partial charge on any atom is -0.341 e. The molecule has 2 aromatic heterocycles. The van der Waals surface area contributed by atoms with Crippen molar-refractivity contribution in [1.82, 2.24) is 25.6 Å². The summed E-state index contributed by atoms with van der Waals surface area (Å²) in [5, 5.41) is 5.33. The summed E-state index contributed by atoms with van der Waals surface area (Å²) in [6, 6.07) is 13.7. The van der Waals surface area contributed by atoms with E-state index in [1.165, 1.54) is 6.07 Å². The number of carbonyl (C=O) groups is 2. The normalized spacial score (nSPS) is 17.6. The van der Waals surface area contributed by atoms with Crippen molar-refractivity contribution in [3.63, 3.8) is 0 Å². The average Bonchev–Trinajstić information content (AvgIpc) is 3.25. The molecule has 11 heteroatoms. The topological polar surface area (TPSA) is 100 Å². The maximum atomic E-state index is 14.1. The van der Waals surface area contributed by atoms with Crippen molar-refractivity contribution in [2.45, 2.75) is 32.2 Å². The van der Waals surface area contributed by atoms with E-state index in [1.807, 2.05) is 12.1 Å². The molecule has 202 valence electrons. The van der Waals surface area contributed by atoms with Crippen LogP contribution in [0.15, 0.2) is 59.6 Å². The summed E-state index contributed by atoms with van der Waals surface area (Å²) in [5.74, 6) is -2.28. The molecule has 2 fully saturated rings. The van der Waals surface area contributed by atoms with Crippen LogP contribution in [0.1, 0.15) is 36.7 Å². The Morgan fingerprint density at radius 2 is 1.90 bits per heavy atom. The van der Waals surface area contributed by atoms with E-state index >= 15 is 0 Å². The van der Waals surface area contributed by atoms with Gasteiger partial charge in [0.15, 0.2) is 0 Å². The van der Waals surface area contributed by atoms with Crippen LogP contribution in [0.3, 0.4) is 0 Å². The van der Waals surface area contributed by atoms with E-state index in [-0.39, 0.29) is 10.8 Å². The second-order valence-corrected chi connectivity index (χ2v) is 10.7. The molecule has 3 aromatic rings. The van der Waals surface area contributed by atoms with E-state index in [4.69, 9.17) is 0 Å². The predicted molar refractivity (Wildman–Crippen MR) is 147 cm³/mol. The first kappa shape index (κ1) is 26.9. The highest BCUT2D eigenvalue weighted by atomic mass is 32.2. The smallest absolute Gasteiger partial charge is 0.290 e. The number of halogens is 2. The molecule has 0 aliphatic carbocycles. The Morgan fingerprint density at radius 3 is 2.64 bits per heavy atom. The molecule has 0 unspecified atom stereocenters. The highest BCUT2D eigenvalue weighted by Gasteiger charge is 2.28. The molecule has 0 spiro atoms. The SMILES string of the molecule is CC(F)(F)c1ccccc1-c1cccc(CNCC2CCN(c3nccc(/C=C4\SC(=O)NC4=O)n3)CC2)n1. The van der Waals surface area contributed by atoms with E-state index in [0.29, 0.717) is 40.3 Å². The Morgan fingerprint density at radius 1 is 1.10 bits per heavy atom. The summed E-state index contributed by atoms with van der Waals surface area (Å²) in [6.45, 7) is 3.87. The number of hydrogen-bond donors (Lipinski definition) is 2. The molecule has 0 atom stereocenters. The lowest BCUT2D eigenvalue weighted by atomic mass is 9.97. The summed E-state index contributed by atoms with van der Waals surface area (Å²) in [4.78, 5) is 39.2. The number of carbonyl (C=O) groups excluding carboxylic acids is 2. The van der Waals surface area contributed by atoms with Gasteiger partial charge >= 0.3 is 0 Å². The molecule has 0 saturated carbocycles. The van der Waals surface area contributed by atoms with Crippen molar-refractivity contribution in [2.75, 3.05) is 24.5 Å². The maximum absolute atomic E-state index is 14.1. The largest absolute Gasteiger partial charge is 0.341 e. The van der Waals surface area contributed by atoms with Gasteiger partial charge in [-0.2, -0.15) is 0 Å². The molecule has 39 heavy (non-hydrogen) atoms. The highest BCUT2D eigenvalue weighted by molar-refractivity contribution is 8.18. The van der Waals surface area contributed by atoms with E-state index in [1.54, 1.807) is 42.6 Å². The van der Waals surface area contributed by atoms with Crippen LogP contribution < -0.4 is 15.5 Å². The second-order valence-electron chi connectivity index (χ2n) is 9.64. The van der Waals surface area contributed by atoms with Crippen LogP contribution in [0.5, 0.6) is 0 Å². The number of aromatic nitrogens is 3. The monoisotopic (exact) mass is 550 g/mol. The maximum Gasteiger partial charge on any atom is 0.290 e. The van der Waals surface area contributed by atoms with E-state index in [0.717, 1.165) is 56.9 Å². The molecule has 0 bridgehead atoms. The van der Waals surface area contributed by atoms with Crippen molar-refractivity contribution in [1.29, 1.82) is 0 Å². The number of pyridine rings is 1. The number of nitrogens with zero attached hydrogens (tertiary/aromatic N) is 4. The van der Waals surface area contributed by atoms with Crippen LogP contribution in [-0.2, 0) is 17.3 Å². The molecular weight excluding hydrogens is 522 g/mol. The van der Waals surface area contributed by atoms with Crippen molar-refractivity contribution in [3.8, 4) is 11.3 Å². The first-order chi connectivity index (χ1) is 18.8. The molecule has 0 radical (unpaired) electrons. The Labute approximate surface area is 229 Å². The van der Waals surface area contributed by atoms with Crippen LogP contribution >= 0.6 is 11.8 Å². The van der Waals surface area contributed by atoms with Gasteiger partial charge < -0.3 is 10.2 Å². The van der Waals surface area contributed by atoms with Gasteiger partial charge in [-0.3, -0.25) is 19.9 Å². The quantitative estimate of drug-likeness (QED) is 0.379. The predicted octanol–water partition coefficient (Wildman–Crippen LogP) is 4.98. The van der Waals surface area contributed by atoms with Crippen molar-refractivity contribution < 1.29 is 18.4 Å². The molecule has 1 aromatic carbocycles. The zero-order valence-corrected chi connectivity index (χ0v) is 22.2. The summed E-state index contributed by atoms with van der Waals surface area (Å²) in [7, 11) is 0. The van der Waals surface area contributed by atoms with Crippen LogP contribution in [0.2, 0.25) is 0 Å². The lowest BCUT2D eigenvalue weighted by molar-refractivity contribution is -0.115. The van der Waals surface area contributed by atoms with Gasteiger partial charge in [-0.05, 0) is 61.3 Å². The third-order valence-corrected chi connectivity index (χ3v) is 7.52. The molecule has 5 rings (SSSR count). The van der Waals surface area contributed by atoms with Gasteiger partial charge in [0.25, 0.3) is 17.1 Å². The van der Waals surface area contributed by atoms with Gasteiger partial charge in [-0.1, -0.05) is 30.3 Å². The van der Waals surface area contributed by atoms with Gasteiger partial charge in [0.05, 0.1) is 22.0 Å². The molecule has 2 amide bonds. The zero-order valence-electron chi connectivity index (χ0n) is 21.4. The van der Waals surface area contributed by atoms with Crippen LogP contribution in [0.4, 0.5) is 19.5 Å². The van der Waals surface area contributed by atoms with Gasteiger partial charge in [0.1, 0.15) is 0 Å². The number of amides is 2.